The fourth-order valence-electron chi connectivity index (χ4n) is 1.99. The van der Waals surface area contributed by atoms with Gasteiger partial charge in [-0.25, -0.2) is 0 Å². The van der Waals surface area contributed by atoms with Crippen molar-refractivity contribution in [2.45, 2.75) is 27.4 Å². The Labute approximate surface area is 114 Å². The van der Waals surface area contributed by atoms with Gasteiger partial charge in [-0.2, -0.15) is 5.26 Å². The number of hydrogen-bond donors (Lipinski definition) is 0. The molecule has 0 saturated carbocycles. The summed E-state index contributed by atoms with van der Waals surface area (Å²) in [4.78, 5) is 0. The molecule has 2 aromatic carbocycles. The summed E-state index contributed by atoms with van der Waals surface area (Å²) in [6.45, 7) is 6.76. The van der Waals surface area contributed by atoms with Crippen LogP contribution in [0.4, 0.5) is 0 Å². The van der Waals surface area contributed by atoms with Crippen molar-refractivity contribution >= 4 is 0 Å². The molecule has 0 atom stereocenters. The Balaban J connectivity index is 2.12. The highest BCUT2D eigenvalue weighted by Gasteiger charge is 2.04. The molecule has 0 spiro atoms. The summed E-state index contributed by atoms with van der Waals surface area (Å²) in [5.41, 5.74) is 5.37. The zero-order chi connectivity index (χ0) is 13.8. The van der Waals surface area contributed by atoms with E-state index >= 15 is 0 Å². The van der Waals surface area contributed by atoms with Crippen LogP contribution in [0, 0.1) is 32.1 Å². The smallest absolute Gasteiger partial charge is 0.123 e. The molecule has 0 amide bonds. The van der Waals surface area contributed by atoms with Gasteiger partial charge in [-0.05, 0) is 61.2 Å². The number of nitriles is 1. The molecule has 0 heterocycles. The van der Waals surface area contributed by atoms with Crippen molar-refractivity contribution in [2.24, 2.45) is 0 Å². The number of benzene rings is 2. The van der Waals surface area contributed by atoms with Gasteiger partial charge in [-0.3, -0.25) is 0 Å². The normalized spacial score (nSPS) is 10.0. The Bertz CT molecular complexity index is 621. The zero-order valence-corrected chi connectivity index (χ0v) is 11.5. The molecule has 2 aromatic rings. The van der Waals surface area contributed by atoms with Gasteiger partial charge in [0, 0.05) is 0 Å². The molecule has 0 unspecified atom stereocenters. The molecule has 0 radical (unpaired) electrons. The summed E-state index contributed by atoms with van der Waals surface area (Å²) in [6, 6.07) is 13.8. The van der Waals surface area contributed by atoms with Gasteiger partial charge in [0.2, 0.25) is 0 Å². The van der Waals surface area contributed by atoms with Crippen LogP contribution in [-0.4, -0.2) is 0 Å². The highest BCUT2D eigenvalue weighted by atomic mass is 16.5. The maximum Gasteiger partial charge on any atom is 0.123 e. The maximum absolute atomic E-state index is 8.75. The van der Waals surface area contributed by atoms with Crippen molar-refractivity contribution in [2.75, 3.05) is 0 Å². The maximum atomic E-state index is 8.75. The molecule has 0 bridgehead atoms. The lowest BCUT2D eigenvalue weighted by molar-refractivity contribution is 0.303. The Morgan fingerprint density at radius 3 is 2.37 bits per heavy atom. The van der Waals surface area contributed by atoms with Gasteiger partial charge in [0.15, 0.2) is 0 Å². The molecule has 0 aliphatic rings. The van der Waals surface area contributed by atoms with Crippen LogP contribution in [0.1, 0.15) is 27.8 Å². The summed E-state index contributed by atoms with van der Waals surface area (Å²) >= 11 is 0. The van der Waals surface area contributed by atoms with E-state index < -0.39 is 0 Å². The molecule has 0 aliphatic carbocycles. The van der Waals surface area contributed by atoms with Crippen molar-refractivity contribution in [1.29, 1.82) is 5.26 Å². The van der Waals surface area contributed by atoms with Crippen molar-refractivity contribution < 1.29 is 4.74 Å². The Hall–Kier alpha value is -2.27. The first kappa shape index (κ1) is 13.2. The van der Waals surface area contributed by atoms with Crippen LogP contribution in [0.15, 0.2) is 36.4 Å². The van der Waals surface area contributed by atoms with Gasteiger partial charge in [0.1, 0.15) is 12.4 Å². The number of rotatable bonds is 3. The number of hydrogen-bond acceptors (Lipinski definition) is 2. The molecular formula is C17H17NO. The summed E-state index contributed by atoms with van der Waals surface area (Å²) in [7, 11) is 0. The Kier molecular flexibility index (Phi) is 3.87. The first-order valence-corrected chi connectivity index (χ1v) is 6.30. The monoisotopic (exact) mass is 251 g/mol. The molecule has 0 aromatic heterocycles. The molecule has 0 saturated heterocycles. The largest absolute Gasteiger partial charge is 0.489 e. The number of nitrogens with zero attached hydrogens (tertiary/aromatic N) is 1. The van der Waals surface area contributed by atoms with Gasteiger partial charge < -0.3 is 4.74 Å². The third-order valence-electron chi connectivity index (χ3n) is 3.24. The minimum Gasteiger partial charge on any atom is -0.489 e. The Morgan fingerprint density at radius 2 is 1.74 bits per heavy atom. The second-order valence-corrected chi connectivity index (χ2v) is 4.80. The van der Waals surface area contributed by atoms with Crippen LogP contribution < -0.4 is 4.74 Å². The molecule has 0 aliphatic heterocycles. The van der Waals surface area contributed by atoms with E-state index in [9.17, 15) is 0 Å². The van der Waals surface area contributed by atoms with Gasteiger partial charge >= 0.3 is 0 Å². The lowest BCUT2D eigenvalue weighted by atomic mass is 10.1. The molecule has 96 valence electrons. The van der Waals surface area contributed by atoms with Crippen molar-refractivity contribution in [3.8, 4) is 11.8 Å². The predicted molar refractivity (Wildman–Crippen MR) is 76.1 cm³/mol. The predicted octanol–water partition coefficient (Wildman–Crippen LogP) is 4.06. The van der Waals surface area contributed by atoms with Crippen LogP contribution in [0.25, 0.3) is 0 Å². The Morgan fingerprint density at radius 1 is 1.05 bits per heavy atom. The third kappa shape index (κ3) is 3.14. The number of aryl methyl sites for hydroxylation is 2. The lowest BCUT2D eigenvalue weighted by Crippen LogP contribution is -1.98. The average molecular weight is 251 g/mol. The molecule has 2 heteroatoms. The van der Waals surface area contributed by atoms with Gasteiger partial charge in [0.05, 0.1) is 11.6 Å². The summed E-state index contributed by atoms with van der Waals surface area (Å²) in [5.74, 6) is 0.932. The quantitative estimate of drug-likeness (QED) is 0.824. The minimum atomic E-state index is 0.523. The molecule has 0 N–H and O–H groups in total. The number of ether oxygens (including phenoxy) is 1. The fourth-order valence-corrected chi connectivity index (χ4v) is 1.99. The molecule has 2 rings (SSSR count). The van der Waals surface area contributed by atoms with E-state index in [0.717, 1.165) is 11.3 Å². The third-order valence-corrected chi connectivity index (χ3v) is 3.24. The van der Waals surface area contributed by atoms with E-state index in [2.05, 4.69) is 39.0 Å². The van der Waals surface area contributed by atoms with Crippen molar-refractivity contribution in [1.82, 2.24) is 0 Å². The standard InChI is InChI=1S/C17H17NO/c1-12-8-13(2)14(3)17(9-12)19-11-16-6-4-15(10-18)5-7-16/h4-9H,11H2,1-3H3. The first-order chi connectivity index (χ1) is 9.10. The minimum absolute atomic E-state index is 0.523. The van der Waals surface area contributed by atoms with Crippen LogP contribution in [0.2, 0.25) is 0 Å². The van der Waals surface area contributed by atoms with E-state index in [1.165, 1.54) is 16.7 Å². The molecule has 19 heavy (non-hydrogen) atoms. The van der Waals surface area contributed by atoms with Gasteiger partial charge in [0.25, 0.3) is 0 Å². The fraction of sp³-hybridized carbons (Fsp3) is 0.235. The SMILES string of the molecule is Cc1cc(C)c(C)c(OCc2ccc(C#N)cc2)c1. The second-order valence-electron chi connectivity index (χ2n) is 4.80. The summed E-state index contributed by atoms with van der Waals surface area (Å²) < 4.78 is 5.88. The highest BCUT2D eigenvalue weighted by Crippen LogP contribution is 2.24. The van der Waals surface area contributed by atoms with E-state index in [4.69, 9.17) is 10.00 Å². The summed E-state index contributed by atoms with van der Waals surface area (Å²) in [5, 5.41) is 8.75. The zero-order valence-electron chi connectivity index (χ0n) is 11.5. The lowest BCUT2D eigenvalue weighted by Gasteiger charge is -2.12. The van der Waals surface area contributed by atoms with Gasteiger partial charge in [-0.1, -0.05) is 18.2 Å². The van der Waals surface area contributed by atoms with E-state index in [1.807, 2.05) is 24.3 Å². The van der Waals surface area contributed by atoms with E-state index in [1.54, 1.807) is 0 Å². The van der Waals surface area contributed by atoms with Crippen LogP contribution in [-0.2, 0) is 6.61 Å². The van der Waals surface area contributed by atoms with Crippen LogP contribution in [0.5, 0.6) is 5.75 Å². The molecule has 2 nitrogen and oxygen atoms in total. The molecule has 0 fully saturated rings. The topological polar surface area (TPSA) is 33.0 Å². The van der Waals surface area contributed by atoms with Crippen molar-refractivity contribution in [3.63, 3.8) is 0 Å². The van der Waals surface area contributed by atoms with Crippen LogP contribution in [0.3, 0.4) is 0 Å². The second kappa shape index (κ2) is 5.58. The first-order valence-electron chi connectivity index (χ1n) is 6.30. The summed E-state index contributed by atoms with van der Waals surface area (Å²) in [6.07, 6.45) is 0. The van der Waals surface area contributed by atoms with E-state index in [0.29, 0.717) is 12.2 Å². The molecular weight excluding hydrogens is 234 g/mol. The average Bonchev–Trinajstić information content (AvgIpc) is 2.41. The highest BCUT2D eigenvalue weighted by molar-refractivity contribution is 5.42. The van der Waals surface area contributed by atoms with Crippen molar-refractivity contribution in [3.05, 3.63) is 64.2 Å². The van der Waals surface area contributed by atoms with Crippen LogP contribution >= 0.6 is 0 Å². The van der Waals surface area contributed by atoms with Gasteiger partial charge in [-0.15, -0.1) is 0 Å². The van der Waals surface area contributed by atoms with E-state index in [-0.39, 0.29) is 0 Å².